The first-order valence-electron chi connectivity index (χ1n) is 8.64. The molecular formula is C20H25NO5S. The van der Waals surface area contributed by atoms with Crippen molar-refractivity contribution in [3.8, 4) is 11.5 Å². The second-order valence-electron chi connectivity index (χ2n) is 6.09. The van der Waals surface area contributed by atoms with Gasteiger partial charge in [0.15, 0.2) is 0 Å². The molecule has 6 nitrogen and oxygen atoms in total. The Labute approximate surface area is 160 Å². The molecule has 2 aromatic carbocycles. The molecule has 0 bridgehead atoms. The van der Waals surface area contributed by atoms with Crippen LogP contribution in [0.15, 0.2) is 48.5 Å². The van der Waals surface area contributed by atoms with Crippen molar-refractivity contribution in [3.63, 3.8) is 0 Å². The highest BCUT2D eigenvalue weighted by Gasteiger charge is 2.30. The molecule has 27 heavy (non-hydrogen) atoms. The van der Waals surface area contributed by atoms with Crippen molar-refractivity contribution in [2.24, 2.45) is 0 Å². The van der Waals surface area contributed by atoms with Crippen LogP contribution in [0.3, 0.4) is 0 Å². The van der Waals surface area contributed by atoms with Gasteiger partial charge in [-0.15, -0.1) is 0 Å². The Hall–Kier alpha value is -2.38. The smallest absolute Gasteiger partial charge is 0.224 e. The van der Waals surface area contributed by atoms with Gasteiger partial charge in [0.2, 0.25) is 10.0 Å². The molecular weight excluding hydrogens is 366 g/mol. The fraction of sp³-hybridized carbons (Fsp3) is 0.350. The van der Waals surface area contributed by atoms with Gasteiger partial charge in [-0.25, -0.2) is 8.42 Å². The fourth-order valence-electron chi connectivity index (χ4n) is 2.67. The Bertz CT molecular complexity index is 782. The van der Waals surface area contributed by atoms with Crippen molar-refractivity contribution in [1.29, 1.82) is 0 Å². The molecule has 0 saturated carbocycles. The third kappa shape index (κ3) is 5.30. The van der Waals surface area contributed by atoms with Crippen molar-refractivity contribution < 1.29 is 22.7 Å². The molecule has 0 spiro atoms. The molecule has 0 aliphatic carbocycles. The van der Waals surface area contributed by atoms with Crippen LogP contribution in [0.1, 0.15) is 24.5 Å². The number of methoxy groups -OCH3 is 2. The Morgan fingerprint density at radius 2 is 1.30 bits per heavy atom. The van der Waals surface area contributed by atoms with Crippen LogP contribution in [-0.4, -0.2) is 38.5 Å². The summed E-state index contributed by atoms with van der Waals surface area (Å²) in [5.41, 5.74) is 1.63. The summed E-state index contributed by atoms with van der Waals surface area (Å²) in [6, 6.07) is 14.4. The molecule has 146 valence electrons. The summed E-state index contributed by atoms with van der Waals surface area (Å²) in [4.78, 5) is 11.3. The van der Waals surface area contributed by atoms with Crippen molar-refractivity contribution in [1.82, 2.24) is 4.31 Å². The summed E-state index contributed by atoms with van der Waals surface area (Å²) in [6.45, 7) is 2.03. The lowest BCUT2D eigenvalue weighted by molar-refractivity contribution is -0.107. The van der Waals surface area contributed by atoms with Gasteiger partial charge in [-0.3, -0.25) is 0 Å². The highest BCUT2D eigenvalue weighted by atomic mass is 32.2. The standard InChI is InChI=1S/C20H25NO5S/c1-4-20(15-22)27(23,24)21(13-16-5-9-18(25-2)10-6-16)14-17-7-11-19(26-3)12-8-17/h5-12,15,20H,4,13-14H2,1-3H3/t20-/m1/s1. The zero-order valence-electron chi connectivity index (χ0n) is 15.8. The monoisotopic (exact) mass is 391 g/mol. The van der Waals surface area contributed by atoms with Crippen molar-refractivity contribution in [3.05, 3.63) is 59.7 Å². The lowest BCUT2D eigenvalue weighted by Gasteiger charge is -2.25. The van der Waals surface area contributed by atoms with E-state index < -0.39 is 15.3 Å². The molecule has 0 heterocycles. The van der Waals surface area contributed by atoms with E-state index in [1.54, 1.807) is 45.4 Å². The number of nitrogens with zero attached hydrogens (tertiary/aromatic N) is 1. The van der Waals surface area contributed by atoms with Gasteiger partial charge in [0.05, 0.1) is 14.2 Å². The first kappa shape index (κ1) is 20.9. The molecule has 1 atom stereocenters. The SMILES string of the molecule is CC[C@H](C=O)S(=O)(=O)N(Cc1ccc(OC)cc1)Cc1ccc(OC)cc1. The Morgan fingerprint density at radius 1 is 0.889 bits per heavy atom. The molecule has 0 fully saturated rings. The third-order valence-electron chi connectivity index (χ3n) is 4.33. The number of sulfonamides is 1. The zero-order valence-corrected chi connectivity index (χ0v) is 16.6. The van der Waals surface area contributed by atoms with E-state index >= 15 is 0 Å². The van der Waals surface area contributed by atoms with Crippen LogP contribution in [0.25, 0.3) is 0 Å². The minimum Gasteiger partial charge on any atom is -0.497 e. The van der Waals surface area contributed by atoms with Crippen LogP contribution in [0.4, 0.5) is 0 Å². The number of ether oxygens (including phenoxy) is 2. The maximum atomic E-state index is 13.0. The summed E-state index contributed by atoms with van der Waals surface area (Å²) >= 11 is 0. The van der Waals surface area contributed by atoms with Gasteiger partial charge in [0.1, 0.15) is 23.0 Å². The van der Waals surface area contributed by atoms with Gasteiger partial charge < -0.3 is 14.3 Å². The van der Waals surface area contributed by atoms with Gasteiger partial charge >= 0.3 is 0 Å². The third-order valence-corrected chi connectivity index (χ3v) is 6.52. The second kappa shape index (κ2) is 9.53. The zero-order chi connectivity index (χ0) is 19.9. The maximum absolute atomic E-state index is 13.0. The van der Waals surface area contributed by atoms with E-state index in [2.05, 4.69) is 0 Å². The van der Waals surface area contributed by atoms with Crippen LogP contribution in [0, 0.1) is 0 Å². The fourth-order valence-corrected chi connectivity index (χ4v) is 4.28. The van der Waals surface area contributed by atoms with Gasteiger partial charge in [-0.05, 0) is 41.8 Å². The van der Waals surface area contributed by atoms with Gasteiger partial charge in [-0.1, -0.05) is 31.2 Å². The van der Waals surface area contributed by atoms with Gasteiger partial charge in [0.25, 0.3) is 0 Å². The second-order valence-corrected chi connectivity index (χ2v) is 8.24. The molecule has 2 aromatic rings. The van der Waals surface area contributed by atoms with Gasteiger partial charge in [-0.2, -0.15) is 4.31 Å². The van der Waals surface area contributed by atoms with Crippen molar-refractivity contribution in [2.45, 2.75) is 31.7 Å². The number of hydrogen-bond donors (Lipinski definition) is 0. The minimum absolute atomic E-state index is 0.169. The van der Waals surface area contributed by atoms with Crippen LogP contribution in [0.5, 0.6) is 11.5 Å². The van der Waals surface area contributed by atoms with E-state index in [1.165, 1.54) is 4.31 Å². The summed E-state index contributed by atoms with van der Waals surface area (Å²) in [7, 11) is -0.639. The van der Waals surface area contributed by atoms with Crippen LogP contribution in [-0.2, 0) is 27.9 Å². The van der Waals surface area contributed by atoms with E-state index in [1.807, 2.05) is 24.3 Å². The molecule has 0 radical (unpaired) electrons. The predicted octanol–water partition coefficient (Wildman–Crippen LogP) is 3.01. The molecule has 0 unspecified atom stereocenters. The van der Waals surface area contributed by atoms with Crippen LogP contribution < -0.4 is 9.47 Å². The molecule has 0 N–H and O–H groups in total. The van der Waals surface area contributed by atoms with E-state index in [0.717, 1.165) is 11.1 Å². The minimum atomic E-state index is -3.79. The van der Waals surface area contributed by atoms with E-state index in [0.29, 0.717) is 17.8 Å². The first-order valence-corrected chi connectivity index (χ1v) is 10.1. The van der Waals surface area contributed by atoms with E-state index in [-0.39, 0.29) is 19.5 Å². The number of carbonyl (C=O) groups is 1. The number of carbonyl (C=O) groups excluding carboxylic acids is 1. The summed E-state index contributed by atoms with van der Waals surface area (Å²) in [6.07, 6.45) is 0.734. The van der Waals surface area contributed by atoms with E-state index in [9.17, 15) is 13.2 Å². The topological polar surface area (TPSA) is 72.9 Å². The highest BCUT2D eigenvalue weighted by molar-refractivity contribution is 7.90. The van der Waals surface area contributed by atoms with Crippen molar-refractivity contribution in [2.75, 3.05) is 14.2 Å². The lowest BCUT2D eigenvalue weighted by atomic mass is 10.2. The Morgan fingerprint density at radius 3 is 1.59 bits per heavy atom. The predicted molar refractivity (Wildman–Crippen MR) is 104 cm³/mol. The largest absolute Gasteiger partial charge is 0.497 e. The molecule has 0 aliphatic rings. The molecule has 0 aromatic heterocycles. The van der Waals surface area contributed by atoms with Crippen LogP contribution >= 0.6 is 0 Å². The maximum Gasteiger partial charge on any atom is 0.224 e. The number of benzene rings is 2. The first-order chi connectivity index (χ1) is 12.9. The van der Waals surface area contributed by atoms with Gasteiger partial charge in [0, 0.05) is 13.1 Å². The summed E-state index contributed by atoms with van der Waals surface area (Å²) < 4.78 is 37.6. The number of hydrogen-bond acceptors (Lipinski definition) is 5. The molecule has 0 amide bonds. The normalized spacial score (nSPS) is 12.6. The molecule has 0 saturated heterocycles. The summed E-state index contributed by atoms with van der Waals surface area (Å²) in [5, 5.41) is -1.06. The Kier molecular flexibility index (Phi) is 7.38. The number of aldehydes is 1. The average Bonchev–Trinajstić information content (AvgIpc) is 2.69. The Balaban J connectivity index is 2.32. The molecule has 0 aliphatic heterocycles. The number of rotatable bonds is 10. The quantitative estimate of drug-likeness (QED) is 0.582. The van der Waals surface area contributed by atoms with Crippen LogP contribution in [0.2, 0.25) is 0 Å². The summed E-state index contributed by atoms with van der Waals surface area (Å²) in [5.74, 6) is 1.39. The van der Waals surface area contributed by atoms with Crippen molar-refractivity contribution >= 4 is 16.3 Å². The average molecular weight is 391 g/mol. The molecule has 7 heteroatoms. The van der Waals surface area contributed by atoms with E-state index in [4.69, 9.17) is 9.47 Å². The highest BCUT2D eigenvalue weighted by Crippen LogP contribution is 2.21. The molecule has 2 rings (SSSR count). The lowest BCUT2D eigenvalue weighted by Crippen LogP contribution is -2.38.